The van der Waals surface area contributed by atoms with E-state index in [0.29, 0.717) is 19.1 Å². The van der Waals surface area contributed by atoms with Crippen LogP contribution in [-0.2, 0) is 0 Å². The first-order valence-corrected chi connectivity index (χ1v) is 3.99. The summed E-state index contributed by atoms with van der Waals surface area (Å²) in [5, 5.41) is 11.7. The summed E-state index contributed by atoms with van der Waals surface area (Å²) in [5.74, 6) is 0. The summed E-state index contributed by atoms with van der Waals surface area (Å²) in [4.78, 5) is 12.8. The average molecular weight is 156 g/mol. The predicted molar refractivity (Wildman–Crippen MR) is 39.1 cm³/mol. The van der Waals surface area contributed by atoms with E-state index in [1.807, 2.05) is 0 Å². The molecule has 0 bridgehead atoms. The molecule has 0 radical (unpaired) electrons. The quantitative estimate of drug-likeness (QED) is 0.539. The summed E-state index contributed by atoms with van der Waals surface area (Å²) in [5.41, 5.74) is 0. The van der Waals surface area contributed by atoms with Crippen LogP contribution in [-0.4, -0.2) is 41.3 Å². The van der Waals surface area contributed by atoms with Crippen LogP contribution in [0.5, 0.6) is 0 Å². The van der Waals surface area contributed by atoms with Gasteiger partial charge in [0.15, 0.2) is 0 Å². The fourth-order valence-corrected chi connectivity index (χ4v) is 1.11. The normalized spacial score (nSPS) is 24.6. The number of aliphatic hydroxyl groups excluding tert-OH is 1. The molecule has 0 aromatic carbocycles. The maximum atomic E-state index is 11.1. The molecule has 1 saturated carbocycles. The first-order chi connectivity index (χ1) is 5.25. The van der Waals surface area contributed by atoms with Crippen molar-refractivity contribution in [2.45, 2.75) is 25.0 Å². The van der Waals surface area contributed by atoms with Crippen LogP contribution in [0.15, 0.2) is 0 Å². The average Bonchev–Trinajstić information content (AvgIpc) is 2.64. The van der Waals surface area contributed by atoms with Crippen molar-refractivity contribution in [3.8, 4) is 0 Å². The Kier molecular flexibility index (Phi) is 1.49. The first kappa shape index (κ1) is 6.91. The minimum atomic E-state index is -0.292. The van der Waals surface area contributed by atoms with Gasteiger partial charge in [0.2, 0.25) is 0 Å². The number of amides is 2. The maximum Gasteiger partial charge on any atom is 0.317 e. The minimum absolute atomic E-state index is 0.0159. The Morgan fingerprint density at radius 1 is 1.45 bits per heavy atom. The molecule has 1 heterocycles. The molecule has 0 aromatic rings. The van der Waals surface area contributed by atoms with Crippen molar-refractivity contribution in [1.29, 1.82) is 0 Å². The number of urea groups is 1. The summed E-state index contributed by atoms with van der Waals surface area (Å²) in [6.45, 7) is 0.997. The Morgan fingerprint density at radius 3 is 2.55 bits per heavy atom. The summed E-state index contributed by atoms with van der Waals surface area (Å²) in [6, 6.07) is 0.401. The number of β-amino-alcohol motifs (C(OH)–C–C–N with tert-alkyl or cyclic N) is 1. The lowest BCUT2D eigenvalue weighted by Crippen LogP contribution is -2.57. The lowest BCUT2D eigenvalue weighted by molar-refractivity contribution is 0.0265. The molecule has 2 fully saturated rings. The molecule has 0 aromatic heterocycles. The van der Waals surface area contributed by atoms with Gasteiger partial charge >= 0.3 is 6.03 Å². The molecule has 2 N–H and O–H groups in total. The van der Waals surface area contributed by atoms with E-state index in [1.165, 1.54) is 0 Å². The monoisotopic (exact) mass is 156 g/mol. The Morgan fingerprint density at radius 2 is 2.09 bits per heavy atom. The standard InChI is InChI=1S/C7H12N2O2/c10-6-3-9(4-6)7(11)8-5-1-2-5/h5-6,10H,1-4H2,(H,8,11). The highest BCUT2D eigenvalue weighted by atomic mass is 16.3. The number of hydrogen-bond donors (Lipinski definition) is 2. The van der Waals surface area contributed by atoms with Crippen LogP contribution < -0.4 is 5.32 Å². The molecular weight excluding hydrogens is 144 g/mol. The summed E-state index contributed by atoms with van der Waals surface area (Å²) in [6.07, 6.45) is 1.93. The fraction of sp³-hybridized carbons (Fsp3) is 0.857. The summed E-state index contributed by atoms with van der Waals surface area (Å²) in [7, 11) is 0. The highest BCUT2D eigenvalue weighted by molar-refractivity contribution is 5.75. The molecule has 0 atom stereocenters. The van der Waals surface area contributed by atoms with Gasteiger partial charge in [-0.1, -0.05) is 0 Å². The highest BCUT2D eigenvalue weighted by Crippen LogP contribution is 2.19. The molecule has 2 rings (SSSR count). The van der Waals surface area contributed by atoms with Gasteiger partial charge in [0.05, 0.1) is 19.2 Å². The lowest BCUT2D eigenvalue weighted by Gasteiger charge is -2.35. The summed E-state index contributed by atoms with van der Waals surface area (Å²) < 4.78 is 0. The second kappa shape index (κ2) is 2.37. The van der Waals surface area contributed by atoms with Crippen LogP contribution in [0, 0.1) is 0 Å². The second-order valence-electron chi connectivity index (χ2n) is 3.28. The number of aliphatic hydroxyl groups is 1. The van der Waals surface area contributed by atoms with E-state index in [4.69, 9.17) is 5.11 Å². The van der Waals surface area contributed by atoms with Gasteiger partial charge in [-0.05, 0) is 12.8 Å². The van der Waals surface area contributed by atoms with Crippen molar-refractivity contribution in [1.82, 2.24) is 10.2 Å². The molecule has 1 aliphatic heterocycles. The zero-order valence-electron chi connectivity index (χ0n) is 6.29. The van der Waals surface area contributed by atoms with E-state index in [-0.39, 0.29) is 12.1 Å². The number of carbonyl (C=O) groups is 1. The van der Waals surface area contributed by atoms with Crippen molar-refractivity contribution < 1.29 is 9.90 Å². The van der Waals surface area contributed by atoms with Crippen LogP contribution in [0.1, 0.15) is 12.8 Å². The number of carbonyl (C=O) groups excluding carboxylic acids is 1. The van der Waals surface area contributed by atoms with Gasteiger partial charge in [-0.3, -0.25) is 0 Å². The van der Waals surface area contributed by atoms with Crippen molar-refractivity contribution in [2.24, 2.45) is 0 Å². The number of hydrogen-bond acceptors (Lipinski definition) is 2. The van der Waals surface area contributed by atoms with Crippen molar-refractivity contribution >= 4 is 6.03 Å². The van der Waals surface area contributed by atoms with Crippen LogP contribution in [0.3, 0.4) is 0 Å². The molecule has 2 amide bonds. The Bertz CT molecular complexity index is 173. The van der Waals surface area contributed by atoms with Gasteiger partial charge in [-0.25, -0.2) is 4.79 Å². The van der Waals surface area contributed by atoms with Gasteiger partial charge in [-0.2, -0.15) is 0 Å². The van der Waals surface area contributed by atoms with E-state index < -0.39 is 0 Å². The molecular formula is C7H12N2O2. The van der Waals surface area contributed by atoms with Crippen LogP contribution in [0.4, 0.5) is 4.79 Å². The SMILES string of the molecule is O=C(NC1CC1)N1CC(O)C1. The molecule has 1 aliphatic carbocycles. The largest absolute Gasteiger partial charge is 0.389 e. The van der Waals surface area contributed by atoms with Gasteiger partial charge in [0, 0.05) is 6.04 Å². The number of nitrogens with zero attached hydrogens (tertiary/aromatic N) is 1. The Balaban J connectivity index is 1.72. The summed E-state index contributed by atoms with van der Waals surface area (Å²) >= 11 is 0. The van der Waals surface area contributed by atoms with Crippen LogP contribution >= 0.6 is 0 Å². The van der Waals surface area contributed by atoms with E-state index in [0.717, 1.165) is 12.8 Å². The fourth-order valence-electron chi connectivity index (χ4n) is 1.11. The van der Waals surface area contributed by atoms with E-state index in [2.05, 4.69) is 5.32 Å². The van der Waals surface area contributed by atoms with E-state index in [1.54, 1.807) is 4.90 Å². The Hall–Kier alpha value is -0.770. The maximum absolute atomic E-state index is 11.1. The molecule has 62 valence electrons. The highest BCUT2D eigenvalue weighted by Gasteiger charge is 2.32. The van der Waals surface area contributed by atoms with E-state index >= 15 is 0 Å². The number of rotatable bonds is 1. The lowest BCUT2D eigenvalue weighted by atomic mass is 10.2. The van der Waals surface area contributed by atoms with Crippen molar-refractivity contribution in [3.63, 3.8) is 0 Å². The third-order valence-corrected chi connectivity index (χ3v) is 2.05. The van der Waals surface area contributed by atoms with Crippen LogP contribution in [0.25, 0.3) is 0 Å². The molecule has 0 unspecified atom stereocenters. The molecule has 4 nitrogen and oxygen atoms in total. The van der Waals surface area contributed by atoms with Crippen molar-refractivity contribution in [3.05, 3.63) is 0 Å². The predicted octanol–water partition coefficient (Wildman–Crippen LogP) is -0.465. The minimum Gasteiger partial charge on any atom is -0.389 e. The topological polar surface area (TPSA) is 52.6 Å². The number of likely N-dealkylation sites (tertiary alicyclic amines) is 1. The zero-order chi connectivity index (χ0) is 7.84. The molecule has 1 saturated heterocycles. The van der Waals surface area contributed by atoms with Gasteiger partial charge in [0.25, 0.3) is 0 Å². The smallest absolute Gasteiger partial charge is 0.317 e. The van der Waals surface area contributed by atoms with Gasteiger partial charge < -0.3 is 15.3 Å². The molecule has 2 aliphatic rings. The molecule has 0 spiro atoms. The van der Waals surface area contributed by atoms with Gasteiger partial charge in [-0.15, -0.1) is 0 Å². The number of nitrogens with one attached hydrogen (secondary N) is 1. The molecule has 4 heteroatoms. The third kappa shape index (κ3) is 1.45. The second-order valence-corrected chi connectivity index (χ2v) is 3.28. The van der Waals surface area contributed by atoms with Crippen LogP contribution in [0.2, 0.25) is 0 Å². The van der Waals surface area contributed by atoms with E-state index in [9.17, 15) is 4.79 Å². The molecule has 11 heavy (non-hydrogen) atoms. The van der Waals surface area contributed by atoms with Crippen molar-refractivity contribution in [2.75, 3.05) is 13.1 Å². The zero-order valence-corrected chi connectivity index (χ0v) is 6.29. The van der Waals surface area contributed by atoms with Gasteiger partial charge in [0.1, 0.15) is 0 Å². The Labute approximate surface area is 65.2 Å². The third-order valence-electron chi connectivity index (χ3n) is 2.05. The first-order valence-electron chi connectivity index (χ1n) is 3.99.